The summed E-state index contributed by atoms with van der Waals surface area (Å²) in [5.41, 5.74) is 2.83. The van der Waals surface area contributed by atoms with Crippen LogP contribution in [0, 0.1) is 0 Å². The van der Waals surface area contributed by atoms with Gasteiger partial charge in [0.15, 0.2) is 5.75 Å². The molecule has 0 unspecified atom stereocenters. The summed E-state index contributed by atoms with van der Waals surface area (Å²) in [6.07, 6.45) is 1.56. The van der Waals surface area contributed by atoms with Crippen molar-refractivity contribution in [2.75, 3.05) is 11.9 Å². The third-order valence-electron chi connectivity index (χ3n) is 5.01. The van der Waals surface area contributed by atoms with E-state index in [4.69, 9.17) is 21.1 Å². The van der Waals surface area contributed by atoms with Gasteiger partial charge >= 0.3 is 0 Å². The third kappa shape index (κ3) is 4.62. The van der Waals surface area contributed by atoms with Crippen molar-refractivity contribution in [1.82, 2.24) is 9.97 Å². The summed E-state index contributed by atoms with van der Waals surface area (Å²) in [5, 5.41) is 7.06. The van der Waals surface area contributed by atoms with Gasteiger partial charge in [0.2, 0.25) is 0 Å². The Morgan fingerprint density at radius 1 is 0.939 bits per heavy atom. The average molecular weight is 474 g/mol. The molecule has 2 heterocycles. The lowest BCUT2D eigenvalue weighted by molar-refractivity contribution is 0.340. The number of benzene rings is 3. The van der Waals surface area contributed by atoms with Gasteiger partial charge in [0.1, 0.15) is 28.5 Å². The van der Waals surface area contributed by atoms with Crippen LogP contribution in [0.1, 0.15) is 6.92 Å². The minimum Gasteiger partial charge on any atom is -0.494 e. The van der Waals surface area contributed by atoms with Crippen LogP contribution in [-0.4, -0.2) is 16.6 Å². The molecule has 5 aromatic rings. The quantitative estimate of drug-likeness (QED) is 0.260. The van der Waals surface area contributed by atoms with Gasteiger partial charge in [0, 0.05) is 16.0 Å². The molecule has 33 heavy (non-hydrogen) atoms. The molecular formula is C26H20ClN3O2S. The number of halogens is 1. The van der Waals surface area contributed by atoms with E-state index >= 15 is 0 Å². The fourth-order valence-corrected chi connectivity index (χ4v) is 4.60. The minimum atomic E-state index is 0.597. The second kappa shape index (κ2) is 9.48. The highest BCUT2D eigenvalue weighted by Gasteiger charge is 2.15. The largest absolute Gasteiger partial charge is 0.494 e. The second-order valence-electron chi connectivity index (χ2n) is 7.19. The number of aromatic nitrogens is 2. The van der Waals surface area contributed by atoms with E-state index in [0.717, 1.165) is 38.5 Å². The molecule has 5 nitrogen and oxygen atoms in total. The van der Waals surface area contributed by atoms with Gasteiger partial charge in [-0.05, 0) is 55.0 Å². The van der Waals surface area contributed by atoms with Crippen molar-refractivity contribution in [3.63, 3.8) is 0 Å². The van der Waals surface area contributed by atoms with Crippen molar-refractivity contribution in [1.29, 1.82) is 0 Å². The number of anilines is 2. The van der Waals surface area contributed by atoms with Gasteiger partial charge in [-0.25, -0.2) is 9.97 Å². The molecular weight excluding hydrogens is 454 g/mol. The van der Waals surface area contributed by atoms with Gasteiger partial charge in [-0.15, -0.1) is 11.3 Å². The lowest BCUT2D eigenvalue weighted by atomic mass is 10.1. The van der Waals surface area contributed by atoms with E-state index in [2.05, 4.69) is 20.7 Å². The number of fused-ring (bicyclic) bond motifs is 1. The fourth-order valence-electron chi connectivity index (χ4n) is 3.51. The summed E-state index contributed by atoms with van der Waals surface area (Å²) in [6.45, 7) is 2.61. The topological polar surface area (TPSA) is 56.3 Å². The van der Waals surface area contributed by atoms with Crippen molar-refractivity contribution in [3.8, 4) is 28.4 Å². The molecule has 2 aromatic heterocycles. The molecule has 7 heteroatoms. The van der Waals surface area contributed by atoms with E-state index in [1.165, 1.54) is 0 Å². The number of ether oxygens (including phenoxy) is 2. The maximum absolute atomic E-state index is 6.31. The van der Waals surface area contributed by atoms with Gasteiger partial charge in [0.25, 0.3) is 0 Å². The van der Waals surface area contributed by atoms with E-state index in [-0.39, 0.29) is 0 Å². The van der Waals surface area contributed by atoms with Gasteiger partial charge in [-0.1, -0.05) is 41.9 Å². The molecule has 0 bridgehead atoms. The predicted molar refractivity (Wildman–Crippen MR) is 135 cm³/mol. The maximum atomic E-state index is 6.31. The standard InChI is InChI=1S/C26H20ClN3O2S/c1-2-31-19-11-8-17(9-12-19)21-15-33-26-24(21)25(28-16-29-26)30-22-14-18(27)10-13-23(22)32-20-6-4-3-5-7-20/h3-16H,2H2,1H3,(H,28,29,30). The third-order valence-corrected chi connectivity index (χ3v) is 6.13. The molecule has 0 aliphatic rings. The van der Waals surface area contributed by atoms with Gasteiger partial charge in [0.05, 0.1) is 17.7 Å². The summed E-state index contributed by atoms with van der Waals surface area (Å²) in [4.78, 5) is 9.91. The first kappa shape index (κ1) is 21.2. The summed E-state index contributed by atoms with van der Waals surface area (Å²) in [5.74, 6) is 2.92. The van der Waals surface area contributed by atoms with E-state index in [1.807, 2.05) is 73.7 Å². The van der Waals surface area contributed by atoms with E-state index < -0.39 is 0 Å². The first-order valence-electron chi connectivity index (χ1n) is 10.5. The Balaban J connectivity index is 1.54. The van der Waals surface area contributed by atoms with Gasteiger partial charge in [-0.2, -0.15) is 0 Å². The molecule has 0 aliphatic heterocycles. The number of hydrogen-bond acceptors (Lipinski definition) is 6. The van der Waals surface area contributed by atoms with Crippen LogP contribution in [0.25, 0.3) is 21.3 Å². The summed E-state index contributed by atoms with van der Waals surface area (Å²) >= 11 is 7.89. The highest BCUT2D eigenvalue weighted by atomic mass is 35.5. The predicted octanol–water partition coefficient (Wildman–Crippen LogP) is 7.95. The molecule has 5 rings (SSSR count). The van der Waals surface area contributed by atoms with Crippen LogP contribution in [0.15, 0.2) is 84.5 Å². The van der Waals surface area contributed by atoms with Crippen LogP contribution in [0.5, 0.6) is 17.2 Å². The molecule has 0 spiro atoms. The molecule has 0 saturated heterocycles. The Morgan fingerprint density at radius 2 is 1.76 bits per heavy atom. The van der Waals surface area contributed by atoms with Gasteiger partial charge in [-0.3, -0.25) is 0 Å². The molecule has 0 amide bonds. The maximum Gasteiger partial charge on any atom is 0.151 e. The second-order valence-corrected chi connectivity index (χ2v) is 8.48. The zero-order valence-electron chi connectivity index (χ0n) is 17.8. The van der Waals surface area contributed by atoms with Crippen LogP contribution in [-0.2, 0) is 0 Å². The van der Waals surface area contributed by atoms with Crippen molar-refractivity contribution < 1.29 is 9.47 Å². The Morgan fingerprint density at radius 3 is 2.55 bits per heavy atom. The van der Waals surface area contributed by atoms with Gasteiger partial charge < -0.3 is 14.8 Å². The fraction of sp³-hybridized carbons (Fsp3) is 0.0769. The lowest BCUT2D eigenvalue weighted by Gasteiger charge is -2.14. The smallest absolute Gasteiger partial charge is 0.151 e. The van der Waals surface area contributed by atoms with Crippen molar-refractivity contribution in [2.24, 2.45) is 0 Å². The lowest BCUT2D eigenvalue weighted by Crippen LogP contribution is -1.98. The van der Waals surface area contributed by atoms with Crippen LogP contribution < -0.4 is 14.8 Å². The number of nitrogens with zero attached hydrogens (tertiary/aromatic N) is 2. The number of para-hydroxylation sites is 1. The van der Waals surface area contributed by atoms with Crippen LogP contribution >= 0.6 is 22.9 Å². The number of hydrogen-bond donors (Lipinski definition) is 1. The summed E-state index contributed by atoms with van der Waals surface area (Å²) < 4.78 is 11.7. The number of thiophene rings is 1. The Labute approximate surface area is 200 Å². The van der Waals surface area contributed by atoms with Crippen LogP contribution in [0.3, 0.4) is 0 Å². The Kier molecular flexibility index (Phi) is 6.11. The number of rotatable bonds is 7. The minimum absolute atomic E-state index is 0.597. The van der Waals surface area contributed by atoms with Crippen LogP contribution in [0.2, 0.25) is 5.02 Å². The first-order valence-corrected chi connectivity index (χ1v) is 11.7. The van der Waals surface area contributed by atoms with Crippen molar-refractivity contribution in [2.45, 2.75) is 6.92 Å². The average Bonchev–Trinajstić information content (AvgIpc) is 3.28. The van der Waals surface area contributed by atoms with Crippen molar-refractivity contribution in [3.05, 3.63) is 89.5 Å². The molecule has 0 aliphatic carbocycles. The molecule has 0 saturated carbocycles. The first-order chi connectivity index (χ1) is 16.2. The summed E-state index contributed by atoms with van der Waals surface area (Å²) in [6, 6.07) is 23.1. The molecule has 0 fully saturated rings. The SMILES string of the molecule is CCOc1ccc(-c2csc3ncnc(Nc4cc(Cl)ccc4Oc4ccccc4)c23)cc1. The zero-order chi connectivity index (χ0) is 22.6. The van der Waals surface area contributed by atoms with E-state index in [0.29, 0.717) is 23.2 Å². The van der Waals surface area contributed by atoms with Crippen molar-refractivity contribution >= 4 is 44.7 Å². The van der Waals surface area contributed by atoms with E-state index in [1.54, 1.807) is 23.7 Å². The Hall–Kier alpha value is -3.61. The number of nitrogens with one attached hydrogen (secondary N) is 1. The monoisotopic (exact) mass is 473 g/mol. The van der Waals surface area contributed by atoms with E-state index in [9.17, 15) is 0 Å². The van der Waals surface area contributed by atoms with Crippen LogP contribution in [0.4, 0.5) is 11.5 Å². The molecule has 1 N–H and O–H groups in total. The molecule has 0 radical (unpaired) electrons. The summed E-state index contributed by atoms with van der Waals surface area (Å²) in [7, 11) is 0. The highest BCUT2D eigenvalue weighted by molar-refractivity contribution is 7.17. The molecule has 3 aromatic carbocycles. The normalized spacial score (nSPS) is 10.8. The highest BCUT2D eigenvalue weighted by Crippen LogP contribution is 2.40. The Bertz CT molecular complexity index is 1390. The molecule has 164 valence electrons. The zero-order valence-corrected chi connectivity index (χ0v) is 19.4. The molecule has 0 atom stereocenters.